The van der Waals surface area contributed by atoms with Crippen LogP contribution >= 0.6 is 22.9 Å². The van der Waals surface area contributed by atoms with Crippen molar-refractivity contribution in [3.8, 4) is 0 Å². The molecule has 5 heteroatoms. The van der Waals surface area contributed by atoms with Crippen LogP contribution < -0.4 is 4.90 Å². The number of carboxylic acid groups (broad SMARTS) is 1. The molecule has 0 atom stereocenters. The molecule has 0 radical (unpaired) electrons. The summed E-state index contributed by atoms with van der Waals surface area (Å²) in [6.07, 6.45) is 0.942. The van der Waals surface area contributed by atoms with Gasteiger partial charge < -0.3 is 10.0 Å². The first kappa shape index (κ1) is 12.5. The van der Waals surface area contributed by atoms with Crippen LogP contribution in [0.25, 0.3) is 0 Å². The van der Waals surface area contributed by atoms with Crippen LogP contribution in [0.4, 0.5) is 5.69 Å². The van der Waals surface area contributed by atoms with Crippen LogP contribution in [0.1, 0.15) is 20.8 Å². The first-order valence-corrected chi connectivity index (χ1v) is 7.24. The summed E-state index contributed by atoms with van der Waals surface area (Å²) >= 11 is 7.97. The lowest BCUT2D eigenvalue weighted by Crippen LogP contribution is -2.31. The van der Waals surface area contributed by atoms with Crippen molar-refractivity contribution in [1.29, 1.82) is 0 Å². The van der Waals surface area contributed by atoms with E-state index < -0.39 is 5.97 Å². The fraction of sp³-hybridized carbons (Fsp3) is 0.214. The minimum absolute atomic E-state index is 0.270. The Kier molecular flexibility index (Phi) is 3.21. The average Bonchev–Trinajstić information content (AvgIpc) is 2.85. The van der Waals surface area contributed by atoms with Gasteiger partial charge in [-0.1, -0.05) is 17.7 Å². The van der Waals surface area contributed by atoms with Crippen molar-refractivity contribution in [3.63, 3.8) is 0 Å². The van der Waals surface area contributed by atoms with Crippen LogP contribution in [-0.2, 0) is 13.0 Å². The lowest BCUT2D eigenvalue weighted by atomic mass is 10.1. The highest BCUT2D eigenvalue weighted by atomic mass is 35.5. The predicted octanol–water partition coefficient (Wildman–Crippen LogP) is 3.66. The van der Waals surface area contributed by atoms with Gasteiger partial charge in [0.2, 0.25) is 0 Å². The Hall–Kier alpha value is -1.52. The minimum Gasteiger partial charge on any atom is -0.478 e. The fourth-order valence-electron chi connectivity index (χ4n) is 2.45. The van der Waals surface area contributed by atoms with Crippen molar-refractivity contribution in [2.24, 2.45) is 0 Å². The number of carboxylic acids is 1. The summed E-state index contributed by atoms with van der Waals surface area (Å²) in [6, 6.07) is 7.12. The average molecular weight is 294 g/mol. The number of carbonyl (C=O) groups is 1. The number of benzene rings is 1. The zero-order valence-electron chi connectivity index (χ0n) is 10.1. The molecule has 3 rings (SSSR count). The lowest BCUT2D eigenvalue weighted by molar-refractivity contribution is 0.0697. The second kappa shape index (κ2) is 4.87. The number of hydrogen-bond acceptors (Lipinski definition) is 3. The highest BCUT2D eigenvalue weighted by Crippen LogP contribution is 2.34. The molecule has 0 saturated carbocycles. The summed E-state index contributed by atoms with van der Waals surface area (Å²) in [4.78, 5) is 14.8. The maximum Gasteiger partial charge on any atom is 0.337 e. The molecule has 2 heterocycles. The first-order chi connectivity index (χ1) is 9.16. The molecule has 1 aromatic heterocycles. The van der Waals surface area contributed by atoms with E-state index >= 15 is 0 Å². The molecule has 98 valence electrons. The molecule has 2 aromatic rings. The molecule has 19 heavy (non-hydrogen) atoms. The monoisotopic (exact) mass is 293 g/mol. The van der Waals surface area contributed by atoms with Crippen LogP contribution in [0.5, 0.6) is 0 Å². The molecular formula is C14H12ClNO2S. The number of para-hydroxylation sites is 1. The Labute approximate surface area is 120 Å². The Balaban J connectivity index is 2.02. The maximum absolute atomic E-state index is 11.3. The topological polar surface area (TPSA) is 40.5 Å². The molecule has 0 fully saturated rings. The highest BCUT2D eigenvalue weighted by molar-refractivity contribution is 7.10. The molecule has 1 N–H and O–H groups in total. The van der Waals surface area contributed by atoms with E-state index in [0.717, 1.165) is 19.5 Å². The largest absolute Gasteiger partial charge is 0.478 e. The van der Waals surface area contributed by atoms with E-state index in [1.54, 1.807) is 29.5 Å². The first-order valence-electron chi connectivity index (χ1n) is 5.99. The number of rotatable bonds is 2. The van der Waals surface area contributed by atoms with E-state index in [9.17, 15) is 9.90 Å². The summed E-state index contributed by atoms with van der Waals surface area (Å²) < 4.78 is 0. The van der Waals surface area contributed by atoms with Gasteiger partial charge in [-0.2, -0.15) is 0 Å². The molecule has 1 aliphatic rings. The summed E-state index contributed by atoms with van der Waals surface area (Å²) in [5.74, 6) is -0.936. The Morgan fingerprint density at radius 1 is 1.37 bits per heavy atom. The Morgan fingerprint density at radius 3 is 3.00 bits per heavy atom. The number of aromatic carboxylic acids is 1. The quantitative estimate of drug-likeness (QED) is 0.918. The second-order valence-corrected chi connectivity index (χ2v) is 5.89. The van der Waals surface area contributed by atoms with Crippen molar-refractivity contribution in [1.82, 2.24) is 0 Å². The van der Waals surface area contributed by atoms with Gasteiger partial charge in [0.15, 0.2) is 0 Å². The van der Waals surface area contributed by atoms with Gasteiger partial charge in [-0.15, -0.1) is 11.3 Å². The van der Waals surface area contributed by atoms with Gasteiger partial charge in [0.1, 0.15) is 0 Å². The SMILES string of the molecule is O=C(O)c1cccc(Cl)c1N1CCc2sccc2C1. The summed E-state index contributed by atoms with van der Waals surface area (Å²) in [6.45, 7) is 1.53. The van der Waals surface area contributed by atoms with E-state index in [-0.39, 0.29) is 5.56 Å². The van der Waals surface area contributed by atoms with Gasteiger partial charge in [-0.05, 0) is 35.6 Å². The molecular weight excluding hydrogens is 282 g/mol. The third-order valence-electron chi connectivity index (χ3n) is 3.34. The number of nitrogens with zero attached hydrogens (tertiary/aromatic N) is 1. The van der Waals surface area contributed by atoms with Crippen molar-refractivity contribution in [2.75, 3.05) is 11.4 Å². The van der Waals surface area contributed by atoms with Gasteiger partial charge in [0, 0.05) is 18.0 Å². The number of thiophene rings is 1. The van der Waals surface area contributed by atoms with E-state index in [0.29, 0.717) is 10.7 Å². The van der Waals surface area contributed by atoms with E-state index in [4.69, 9.17) is 11.6 Å². The molecule has 0 spiro atoms. The second-order valence-electron chi connectivity index (χ2n) is 4.48. The van der Waals surface area contributed by atoms with Crippen molar-refractivity contribution >= 4 is 34.6 Å². The van der Waals surface area contributed by atoms with Crippen LogP contribution in [0.2, 0.25) is 5.02 Å². The van der Waals surface area contributed by atoms with E-state index in [2.05, 4.69) is 16.3 Å². The molecule has 0 unspecified atom stereocenters. The predicted molar refractivity (Wildman–Crippen MR) is 77.5 cm³/mol. The van der Waals surface area contributed by atoms with Crippen LogP contribution in [0, 0.1) is 0 Å². The molecule has 0 saturated heterocycles. The van der Waals surface area contributed by atoms with Gasteiger partial charge in [0.25, 0.3) is 0 Å². The van der Waals surface area contributed by atoms with Gasteiger partial charge in [-0.3, -0.25) is 0 Å². The normalized spacial score (nSPS) is 14.3. The molecule has 1 aromatic carbocycles. The van der Waals surface area contributed by atoms with E-state index in [1.165, 1.54) is 10.4 Å². The lowest BCUT2D eigenvalue weighted by Gasteiger charge is -2.30. The van der Waals surface area contributed by atoms with Crippen LogP contribution in [0.3, 0.4) is 0 Å². The number of hydrogen-bond donors (Lipinski definition) is 1. The van der Waals surface area contributed by atoms with Crippen molar-refractivity contribution < 1.29 is 9.90 Å². The minimum atomic E-state index is -0.936. The van der Waals surface area contributed by atoms with E-state index in [1.807, 2.05) is 0 Å². The van der Waals surface area contributed by atoms with Gasteiger partial charge >= 0.3 is 5.97 Å². The molecule has 3 nitrogen and oxygen atoms in total. The zero-order chi connectivity index (χ0) is 13.4. The standard InChI is InChI=1S/C14H12ClNO2S/c15-11-3-1-2-10(14(17)18)13(11)16-6-4-12-9(8-16)5-7-19-12/h1-3,5,7H,4,6,8H2,(H,17,18). The van der Waals surface area contributed by atoms with Gasteiger partial charge in [-0.25, -0.2) is 4.79 Å². The smallest absolute Gasteiger partial charge is 0.337 e. The molecule has 1 aliphatic heterocycles. The highest BCUT2D eigenvalue weighted by Gasteiger charge is 2.23. The molecule has 0 aliphatic carbocycles. The number of anilines is 1. The van der Waals surface area contributed by atoms with Crippen LogP contribution in [-0.4, -0.2) is 17.6 Å². The maximum atomic E-state index is 11.3. The number of halogens is 1. The van der Waals surface area contributed by atoms with Crippen molar-refractivity contribution in [2.45, 2.75) is 13.0 Å². The Morgan fingerprint density at radius 2 is 2.21 bits per heavy atom. The Bertz CT molecular complexity index is 638. The third kappa shape index (κ3) is 2.22. The zero-order valence-corrected chi connectivity index (χ0v) is 11.7. The van der Waals surface area contributed by atoms with Gasteiger partial charge in [0.05, 0.1) is 16.3 Å². The number of fused-ring (bicyclic) bond motifs is 1. The summed E-state index contributed by atoms with van der Waals surface area (Å²) in [5, 5.41) is 11.9. The van der Waals surface area contributed by atoms with Crippen LogP contribution in [0.15, 0.2) is 29.6 Å². The summed E-state index contributed by atoms with van der Waals surface area (Å²) in [7, 11) is 0. The summed E-state index contributed by atoms with van der Waals surface area (Å²) in [5.41, 5.74) is 2.17. The molecule has 0 bridgehead atoms. The van der Waals surface area contributed by atoms with Crippen molar-refractivity contribution in [3.05, 3.63) is 50.7 Å². The molecule has 0 amide bonds. The fourth-order valence-corrected chi connectivity index (χ4v) is 3.63. The third-order valence-corrected chi connectivity index (χ3v) is 4.67.